The lowest BCUT2D eigenvalue weighted by Gasteiger charge is -2.07. The quantitative estimate of drug-likeness (QED) is 0.475. The van der Waals surface area contributed by atoms with Crippen molar-refractivity contribution in [2.75, 3.05) is 6.54 Å². The highest BCUT2D eigenvalue weighted by Crippen LogP contribution is 2.16. The first-order valence-corrected chi connectivity index (χ1v) is 8.00. The van der Waals surface area contributed by atoms with Crippen LogP contribution in [-0.4, -0.2) is 17.9 Å². The van der Waals surface area contributed by atoms with Crippen LogP contribution >= 0.6 is 23.8 Å². The molecule has 0 saturated heterocycles. The SMILES string of the molecule is CCNC(=S)N/N=C\c1cccc(OCc2cccc(Cl)c2)c1. The lowest BCUT2D eigenvalue weighted by molar-refractivity contribution is 0.306. The zero-order valence-electron chi connectivity index (χ0n) is 12.8. The molecule has 0 unspecified atom stereocenters. The van der Waals surface area contributed by atoms with Crippen LogP contribution in [0.25, 0.3) is 0 Å². The van der Waals surface area contributed by atoms with Crippen LogP contribution in [-0.2, 0) is 6.61 Å². The first kappa shape index (κ1) is 17.2. The molecule has 0 aromatic heterocycles. The molecule has 0 fully saturated rings. The highest BCUT2D eigenvalue weighted by atomic mass is 35.5. The van der Waals surface area contributed by atoms with Crippen molar-refractivity contribution in [2.24, 2.45) is 5.10 Å². The minimum absolute atomic E-state index is 0.462. The van der Waals surface area contributed by atoms with Crippen LogP contribution in [0.4, 0.5) is 0 Å². The molecule has 23 heavy (non-hydrogen) atoms. The normalized spacial score (nSPS) is 10.5. The minimum Gasteiger partial charge on any atom is -0.489 e. The second kappa shape index (κ2) is 9.12. The van der Waals surface area contributed by atoms with E-state index in [1.807, 2.05) is 55.5 Å². The average molecular weight is 348 g/mol. The van der Waals surface area contributed by atoms with Gasteiger partial charge >= 0.3 is 0 Å². The Morgan fingerprint density at radius 2 is 2.09 bits per heavy atom. The van der Waals surface area contributed by atoms with E-state index in [-0.39, 0.29) is 0 Å². The minimum atomic E-state index is 0.462. The van der Waals surface area contributed by atoms with Gasteiger partial charge in [0.15, 0.2) is 5.11 Å². The van der Waals surface area contributed by atoms with Gasteiger partial charge in [0.1, 0.15) is 12.4 Å². The maximum atomic E-state index is 5.96. The molecule has 0 atom stereocenters. The molecule has 0 aliphatic heterocycles. The van der Waals surface area contributed by atoms with E-state index < -0.39 is 0 Å². The summed E-state index contributed by atoms with van der Waals surface area (Å²) in [4.78, 5) is 0. The number of thiocarbonyl (C=S) groups is 1. The van der Waals surface area contributed by atoms with E-state index >= 15 is 0 Å². The van der Waals surface area contributed by atoms with Crippen LogP contribution in [0.1, 0.15) is 18.1 Å². The van der Waals surface area contributed by atoms with Crippen LogP contribution < -0.4 is 15.5 Å². The van der Waals surface area contributed by atoms with Gasteiger partial charge in [-0.25, -0.2) is 0 Å². The van der Waals surface area contributed by atoms with E-state index in [9.17, 15) is 0 Å². The fraction of sp³-hybridized carbons (Fsp3) is 0.176. The molecule has 2 rings (SSSR count). The standard InChI is InChI=1S/C17H18ClN3OS/c1-2-19-17(23)21-20-11-13-5-4-8-16(10-13)22-12-14-6-3-7-15(18)9-14/h3-11H,2,12H2,1H3,(H2,19,21,23)/b20-11-. The van der Waals surface area contributed by atoms with Gasteiger partial charge in [0.25, 0.3) is 0 Å². The first-order chi connectivity index (χ1) is 11.2. The Labute approximate surface area is 146 Å². The largest absolute Gasteiger partial charge is 0.489 e. The predicted octanol–water partition coefficient (Wildman–Crippen LogP) is 3.74. The molecular weight excluding hydrogens is 330 g/mol. The van der Waals surface area contributed by atoms with Crippen LogP contribution in [0.15, 0.2) is 53.6 Å². The number of benzene rings is 2. The molecule has 4 nitrogen and oxygen atoms in total. The summed E-state index contributed by atoms with van der Waals surface area (Å²) in [6.07, 6.45) is 1.69. The molecule has 0 heterocycles. The molecule has 0 radical (unpaired) electrons. The number of hydrogen-bond acceptors (Lipinski definition) is 3. The predicted molar refractivity (Wildman–Crippen MR) is 99.2 cm³/mol. The molecule has 2 aromatic rings. The zero-order chi connectivity index (χ0) is 16.5. The number of hydrogen-bond donors (Lipinski definition) is 2. The summed E-state index contributed by atoms with van der Waals surface area (Å²) >= 11 is 11.0. The molecule has 0 saturated carbocycles. The number of rotatable bonds is 6. The van der Waals surface area contributed by atoms with Crippen molar-refractivity contribution < 1.29 is 4.74 Å². The van der Waals surface area contributed by atoms with Gasteiger partial charge in [-0.15, -0.1) is 0 Å². The van der Waals surface area contributed by atoms with Crippen LogP contribution in [0.3, 0.4) is 0 Å². The molecule has 0 spiro atoms. The summed E-state index contributed by atoms with van der Waals surface area (Å²) in [6, 6.07) is 15.3. The highest BCUT2D eigenvalue weighted by Gasteiger charge is 1.98. The maximum Gasteiger partial charge on any atom is 0.186 e. The second-order valence-electron chi connectivity index (χ2n) is 4.72. The van der Waals surface area contributed by atoms with Gasteiger partial charge in [-0.1, -0.05) is 35.9 Å². The summed E-state index contributed by atoms with van der Waals surface area (Å²) in [6.45, 7) is 3.19. The third-order valence-electron chi connectivity index (χ3n) is 2.87. The summed E-state index contributed by atoms with van der Waals surface area (Å²) in [5, 5.41) is 8.24. The van der Waals surface area contributed by atoms with Gasteiger partial charge in [-0.05, 0) is 54.5 Å². The van der Waals surface area contributed by atoms with E-state index in [4.69, 9.17) is 28.6 Å². The molecule has 0 amide bonds. The van der Waals surface area contributed by atoms with Crippen molar-refractivity contribution in [3.8, 4) is 5.75 Å². The lowest BCUT2D eigenvalue weighted by atomic mass is 10.2. The molecule has 2 aromatic carbocycles. The van der Waals surface area contributed by atoms with Crippen molar-refractivity contribution in [1.29, 1.82) is 0 Å². The fourth-order valence-corrected chi connectivity index (χ4v) is 2.25. The molecule has 0 bridgehead atoms. The van der Waals surface area contributed by atoms with Crippen molar-refractivity contribution in [3.63, 3.8) is 0 Å². The smallest absolute Gasteiger partial charge is 0.186 e. The molecule has 2 N–H and O–H groups in total. The van der Waals surface area contributed by atoms with Gasteiger partial charge in [-0.2, -0.15) is 5.10 Å². The third kappa shape index (κ3) is 6.26. The van der Waals surface area contributed by atoms with Crippen LogP contribution in [0.2, 0.25) is 5.02 Å². The van der Waals surface area contributed by atoms with Gasteiger partial charge in [-0.3, -0.25) is 5.43 Å². The lowest BCUT2D eigenvalue weighted by Crippen LogP contribution is -2.31. The first-order valence-electron chi connectivity index (χ1n) is 7.21. The second-order valence-corrected chi connectivity index (χ2v) is 5.57. The van der Waals surface area contributed by atoms with Gasteiger partial charge in [0, 0.05) is 11.6 Å². The number of hydrazone groups is 1. The van der Waals surface area contributed by atoms with E-state index in [2.05, 4.69) is 15.8 Å². The molecular formula is C17H18ClN3OS. The Balaban J connectivity index is 1.91. The van der Waals surface area contributed by atoms with Crippen molar-refractivity contribution in [1.82, 2.24) is 10.7 Å². The molecule has 0 aliphatic carbocycles. The Morgan fingerprint density at radius 1 is 1.26 bits per heavy atom. The van der Waals surface area contributed by atoms with Crippen molar-refractivity contribution in [3.05, 3.63) is 64.7 Å². The molecule has 0 aliphatic rings. The Hall–Kier alpha value is -2.11. The topological polar surface area (TPSA) is 45.7 Å². The van der Waals surface area contributed by atoms with E-state index in [1.54, 1.807) is 6.21 Å². The zero-order valence-corrected chi connectivity index (χ0v) is 14.3. The Bertz CT molecular complexity index is 691. The summed E-state index contributed by atoms with van der Waals surface area (Å²) in [5.74, 6) is 0.767. The van der Waals surface area contributed by atoms with Crippen molar-refractivity contribution in [2.45, 2.75) is 13.5 Å². The fourth-order valence-electron chi connectivity index (χ4n) is 1.84. The Kier molecular flexibility index (Phi) is 6.84. The van der Waals surface area contributed by atoms with Crippen LogP contribution in [0, 0.1) is 0 Å². The molecule has 6 heteroatoms. The number of nitrogens with zero attached hydrogens (tertiary/aromatic N) is 1. The van der Waals surface area contributed by atoms with Gasteiger partial charge in [0.2, 0.25) is 0 Å². The highest BCUT2D eigenvalue weighted by molar-refractivity contribution is 7.80. The monoisotopic (exact) mass is 347 g/mol. The van der Waals surface area contributed by atoms with E-state index in [0.29, 0.717) is 16.7 Å². The van der Waals surface area contributed by atoms with E-state index in [0.717, 1.165) is 23.4 Å². The molecule has 120 valence electrons. The summed E-state index contributed by atoms with van der Waals surface area (Å²) in [7, 11) is 0. The maximum absolute atomic E-state index is 5.96. The van der Waals surface area contributed by atoms with Crippen molar-refractivity contribution >= 4 is 35.1 Å². The summed E-state index contributed by atoms with van der Waals surface area (Å²) in [5.41, 5.74) is 4.69. The third-order valence-corrected chi connectivity index (χ3v) is 3.34. The number of ether oxygens (including phenoxy) is 1. The number of halogens is 1. The van der Waals surface area contributed by atoms with Gasteiger partial charge < -0.3 is 10.1 Å². The number of nitrogens with one attached hydrogen (secondary N) is 2. The van der Waals surface area contributed by atoms with E-state index in [1.165, 1.54) is 0 Å². The average Bonchev–Trinajstić information content (AvgIpc) is 2.54. The summed E-state index contributed by atoms with van der Waals surface area (Å²) < 4.78 is 5.77. The van der Waals surface area contributed by atoms with Crippen LogP contribution in [0.5, 0.6) is 5.75 Å². The Morgan fingerprint density at radius 3 is 2.87 bits per heavy atom. The van der Waals surface area contributed by atoms with Gasteiger partial charge in [0.05, 0.1) is 6.21 Å².